The van der Waals surface area contributed by atoms with Gasteiger partial charge in [0.25, 0.3) is 5.91 Å². The van der Waals surface area contributed by atoms with Crippen LogP contribution < -0.4 is 5.32 Å². The molecule has 5 heteroatoms. The Bertz CT molecular complexity index is 435. The Morgan fingerprint density at radius 1 is 1.42 bits per heavy atom. The van der Waals surface area contributed by atoms with Gasteiger partial charge in [0.15, 0.2) is 0 Å². The Hall–Kier alpha value is -1.10. The summed E-state index contributed by atoms with van der Waals surface area (Å²) >= 11 is 3.55. The number of hydrogen-bond acceptors (Lipinski definition) is 2. The Morgan fingerprint density at radius 3 is 2.58 bits per heavy atom. The van der Waals surface area contributed by atoms with Crippen molar-refractivity contribution in [2.24, 2.45) is 5.92 Å². The molecule has 0 saturated carbocycles. The molecule has 0 aliphatic carbocycles. The molecule has 2 N–H and O–H groups in total. The minimum absolute atomic E-state index is 0.0537. The van der Waals surface area contributed by atoms with Crippen LogP contribution in [0, 0.1) is 11.7 Å². The van der Waals surface area contributed by atoms with Gasteiger partial charge in [-0.25, -0.2) is 4.39 Å². The monoisotopic (exact) mass is 331 g/mol. The average Bonchev–Trinajstić information content (AvgIpc) is 2.37. The van der Waals surface area contributed by atoms with Crippen molar-refractivity contribution in [1.82, 2.24) is 5.32 Å². The first-order valence-corrected chi connectivity index (χ1v) is 7.31. The largest absolute Gasteiger partial charge is 0.508 e. The quantitative estimate of drug-likeness (QED) is 0.784. The van der Waals surface area contributed by atoms with Crippen LogP contribution in [0.1, 0.15) is 37.0 Å². The first kappa shape index (κ1) is 16.0. The number of benzene rings is 1. The fourth-order valence-corrected chi connectivity index (χ4v) is 2.85. The van der Waals surface area contributed by atoms with E-state index in [1.54, 1.807) is 0 Å². The standard InChI is InChI=1S/C14H19BrFNO2/c1-3-9(4-2)12(15)8-17-14(19)11-6-5-10(18)7-13(11)16/h5-7,9,12,18H,3-4,8H2,1-2H3,(H,17,19). The number of rotatable bonds is 6. The number of aromatic hydroxyl groups is 1. The maximum atomic E-state index is 13.5. The van der Waals surface area contributed by atoms with Crippen LogP contribution in [-0.4, -0.2) is 22.4 Å². The zero-order valence-electron chi connectivity index (χ0n) is 11.1. The molecule has 0 spiro atoms. The van der Waals surface area contributed by atoms with Crippen LogP contribution >= 0.6 is 15.9 Å². The van der Waals surface area contributed by atoms with Gasteiger partial charge >= 0.3 is 0 Å². The highest BCUT2D eigenvalue weighted by molar-refractivity contribution is 9.09. The summed E-state index contributed by atoms with van der Waals surface area (Å²) in [5.41, 5.74) is -0.0537. The third-order valence-corrected chi connectivity index (χ3v) is 4.29. The van der Waals surface area contributed by atoms with Crippen LogP contribution in [-0.2, 0) is 0 Å². The van der Waals surface area contributed by atoms with Crippen LogP contribution in [0.3, 0.4) is 0 Å². The Kier molecular flexibility index (Phi) is 6.28. The van der Waals surface area contributed by atoms with Gasteiger partial charge in [0.2, 0.25) is 0 Å². The van der Waals surface area contributed by atoms with Crippen molar-refractivity contribution in [3.8, 4) is 5.75 Å². The zero-order chi connectivity index (χ0) is 14.4. The molecule has 0 bridgehead atoms. The molecule has 1 aromatic rings. The number of carbonyl (C=O) groups is 1. The van der Waals surface area contributed by atoms with Crippen LogP contribution in [0.15, 0.2) is 18.2 Å². The van der Waals surface area contributed by atoms with Gasteiger partial charge in [-0.2, -0.15) is 0 Å². The van der Waals surface area contributed by atoms with E-state index in [1.165, 1.54) is 12.1 Å². The first-order valence-electron chi connectivity index (χ1n) is 6.40. The molecule has 19 heavy (non-hydrogen) atoms. The molecule has 106 valence electrons. The number of phenols is 1. The van der Waals surface area contributed by atoms with Crippen molar-refractivity contribution in [3.63, 3.8) is 0 Å². The van der Waals surface area contributed by atoms with Crippen molar-refractivity contribution in [2.45, 2.75) is 31.5 Å². The topological polar surface area (TPSA) is 49.3 Å². The Labute approximate surface area is 121 Å². The number of phenolic OH excluding ortho intramolecular Hbond substituents is 1. The Balaban J connectivity index is 2.60. The van der Waals surface area contributed by atoms with Gasteiger partial charge < -0.3 is 10.4 Å². The van der Waals surface area contributed by atoms with Gasteiger partial charge in [0.1, 0.15) is 11.6 Å². The van der Waals surface area contributed by atoms with Gasteiger partial charge in [0.05, 0.1) is 5.56 Å². The summed E-state index contributed by atoms with van der Waals surface area (Å²) in [5, 5.41) is 11.8. The highest BCUT2D eigenvalue weighted by Gasteiger charge is 2.18. The third-order valence-electron chi connectivity index (χ3n) is 3.22. The molecule has 0 radical (unpaired) electrons. The molecule has 3 nitrogen and oxygen atoms in total. The number of carbonyl (C=O) groups excluding carboxylic acids is 1. The van der Waals surface area contributed by atoms with Crippen molar-refractivity contribution >= 4 is 21.8 Å². The molecule has 1 aromatic carbocycles. The molecular weight excluding hydrogens is 313 g/mol. The predicted molar refractivity (Wildman–Crippen MR) is 77.2 cm³/mol. The molecule has 0 aliphatic heterocycles. The van der Waals surface area contributed by atoms with Crippen LogP contribution in [0.4, 0.5) is 4.39 Å². The second kappa shape index (κ2) is 7.48. The lowest BCUT2D eigenvalue weighted by Crippen LogP contribution is -2.33. The highest BCUT2D eigenvalue weighted by atomic mass is 79.9. The Morgan fingerprint density at radius 2 is 2.05 bits per heavy atom. The fourth-order valence-electron chi connectivity index (χ4n) is 1.94. The van der Waals surface area contributed by atoms with Gasteiger partial charge in [-0.1, -0.05) is 42.6 Å². The third kappa shape index (κ3) is 4.49. The van der Waals surface area contributed by atoms with Crippen molar-refractivity contribution in [2.75, 3.05) is 6.54 Å². The summed E-state index contributed by atoms with van der Waals surface area (Å²) in [7, 11) is 0. The van der Waals surface area contributed by atoms with E-state index in [0.29, 0.717) is 12.5 Å². The minimum atomic E-state index is -0.717. The smallest absolute Gasteiger partial charge is 0.254 e. The lowest BCUT2D eigenvalue weighted by molar-refractivity contribution is 0.0948. The molecule has 0 aliphatic rings. The van der Waals surface area contributed by atoms with E-state index in [4.69, 9.17) is 5.11 Å². The number of halogens is 2. The average molecular weight is 332 g/mol. The molecule has 1 amide bonds. The van der Waals surface area contributed by atoms with Crippen molar-refractivity contribution in [1.29, 1.82) is 0 Å². The highest BCUT2D eigenvalue weighted by Crippen LogP contribution is 2.20. The van der Waals surface area contributed by atoms with Crippen molar-refractivity contribution in [3.05, 3.63) is 29.6 Å². The lowest BCUT2D eigenvalue weighted by atomic mass is 9.99. The fraction of sp³-hybridized carbons (Fsp3) is 0.500. The molecular formula is C14H19BrFNO2. The molecule has 0 fully saturated rings. The molecule has 0 heterocycles. The number of alkyl halides is 1. The molecule has 1 rings (SSSR count). The second-order valence-corrected chi connectivity index (χ2v) is 5.64. The number of nitrogens with one attached hydrogen (secondary N) is 1. The van der Waals surface area contributed by atoms with Gasteiger partial charge in [-0.3, -0.25) is 4.79 Å². The predicted octanol–water partition coefficient (Wildman–Crippen LogP) is 3.46. The molecule has 1 atom stereocenters. The maximum Gasteiger partial charge on any atom is 0.254 e. The normalized spacial score (nSPS) is 12.5. The molecule has 0 saturated heterocycles. The summed E-state index contributed by atoms with van der Waals surface area (Å²) in [6.07, 6.45) is 2.05. The molecule has 0 aromatic heterocycles. The summed E-state index contributed by atoms with van der Waals surface area (Å²) in [6.45, 7) is 4.65. The number of amides is 1. The first-order chi connectivity index (χ1) is 8.99. The van der Waals surface area contributed by atoms with Gasteiger partial charge in [-0.15, -0.1) is 0 Å². The van der Waals surface area contributed by atoms with E-state index in [0.717, 1.165) is 18.9 Å². The summed E-state index contributed by atoms with van der Waals surface area (Å²) in [6, 6.07) is 3.51. The van der Waals surface area contributed by atoms with Crippen molar-refractivity contribution < 1.29 is 14.3 Å². The second-order valence-electron chi connectivity index (χ2n) is 4.47. The molecule has 1 unspecified atom stereocenters. The van der Waals surface area contributed by atoms with E-state index in [9.17, 15) is 9.18 Å². The maximum absolute atomic E-state index is 13.5. The van der Waals surface area contributed by atoms with E-state index in [-0.39, 0.29) is 16.1 Å². The SMILES string of the molecule is CCC(CC)C(Br)CNC(=O)c1ccc(O)cc1F. The van der Waals surface area contributed by atoms with Crippen LogP contribution in [0.2, 0.25) is 0 Å². The van der Waals surface area contributed by atoms with E-state index in [2.05, 4.69) is 35.1 Å². The summed E-state index contributed by atoms with van der Waals surface area (Å²) in [4.78, 5) is 12.0. The number of hydrogen-bond donors (Lipinski definition) is 2. The van der Waals surface area contributed by atoms with Gasteiger partial charge in [-0.05, 0) is 18.1 Å². The van der Waals surface area contributed by atoms with Gasteiger partial charge in [0, 0.05) is 17.4 Å². The zero-order valence-corrected chi connectivity index (χ0v) is 12.7. The minimum Gasteiger partial charge on any atom is -0.508 e. The summed E-state index contributed by atoms with van der Waals surface area (Å²) < 4.78 is 13.5. The van der Waals surface area contributed by atoms with E-state index >= 15 is 0 Å². The van der Waals surface area contributed by atoms with E-state index in [1.807, 2.05) is 0 Å². The van der Waals surface area contributed by atoms with Crippen LogP contribution in [0.5, 0.6) is 5.75 Å². The van der Waals surface area contributed by atoms with Crippen LogP contribution in [0.25, 0.3) is 0 Å². The lowest BCUT2D eigenvalue weighted by Gasteiger charge is -2.20. The van der Waals surface area contributed by atoms with E-state index < -0.39 is 11.7 Å². The summed E-state index contributed by atoms with van der Waals surface area (Å²) in [5.74, 6) is -0.895.